The van der Waals surface area contributed by atoms with Crippen LogP contribution in [-0.2, 0) is 12.1 Å². The van der Waals surface area contributed by atoms with Crippen LogP contribution in [-0.4, -0.2) is 21.6 Å². The molecule has 208 valence electrons. The van der Waals surface area contributed by atoms with E-state index < -0.39 is 23.2 Å². The molecule has 0 radical (unpaired) electrons. The van der Waals surface area contributed by atoms with Gasteiger partial charge in [-0.2, -0.15) is 10.4 Å². The predicted octanol–water partition coefficient (Wildman–Crippen LogP) is 3.60. The first-order valence-electron chi connectivity index (χ1n) is 13.3. The van der Waals surface area contributed by atoms with E-state index in [2.05, 4.69) is 11.2 Å². The highest BCUT2D eigenvalue weighted by Gasteiger charge is 2.35. The summed E-state index contributed by atoms with van der Waals surface area (Å²) in [6.07, 6.45) is 3.68. The van der Waals surface area contributed by atoms with E-state index in [1.54, 1.807) is 54.6 Å². The lowest BCUT2D eigenvalue weighted by Crippen LogP contribution is -2.38. The number of hydrogen-bond donors (Lipinski definition) is 4. The fourth-order valence-corrected chi connectivity index (χ4v) is 5.21. The Kier molecular flexibility index (Phi) is 7.41. The average molecular weight is 552 g/mol. The van der Waals surface area contributed by atoms with Gasteiger partial charge in [0.15, 0.2) is 5.69 Å². The van der Waals surface area contributed by atoms with Crippen molar-refractivity contribution in [3.05, 3.63) is 106 Å². The van der Waals surface area contributed by atoms with Crippen molar-refractivity contribution in [3.63, 3.8) is 0 Å². The summed E-state index contributed by atoms with van der Waals surface area (Å²) in [5.74, 6) is -2.02. The number of nitriles is 1. The number of carbonyl (C=O) groups excluding carboxylic acids is 2. The molecule has 8 N–H and O–H groups in total. The van der Waals surface area contributed by atoms with Crippen molar-refractivity contribution in [3.8, 4) is 22.9 Å². The van der Waals surface area contributed by atoms with Gasteiger partial charge in [-0.05, 0) is 71.8 Å². The summed E-state index contributed by atoms with van der Waals surface area (Å²) in [6, 6.07) is 20.3. The minimum atomic E-state index is -1.05. The van der Waals surface area contributed by atoms with Gasteiger partial charge < -0.3 is 22.9 Å². The van der Waals surface area contributed by atoms with Crippen LogP contribution in [0.5, 0.6) is 0 Å². The van der Waals surface area contributed by atoms with Gasteiger partial charge in [-0.1, -0.05) is 43.2 Å². The van der Waals surface area contributed by atoms with E-state index in [4.69, 9.17) is 22.9 Å². The number of nitrogens with zero attached hydrogens (tertiary/aromatic N) is 3. The zero-order valence-corrected chi connectivity index (χ0v) is 22.3. The molecule has 10 heteroatoms. The summed E-state index contributed by atoms with van der Waals surface area (Å²) >= 11 is 0. The Morgan fingerprint density at radius 1 is 1.02 bits per heavy atom. The first kappa shape index (κ1) is 27.7. The van der Waals surface area contributed by atoms with E-state index in [0.717, 1.165) is 30.4 Å². The number of aromatic nitrogens is 2. The van der Waals surface area contributed by atoms with E-state index in [0.29, 0.717) is 29.2 Å². The zero-order chi connectivity index (χ0) is 29.3. The second-order valence-electron chi connectivity index (χ2n) is 10.4. The van der Waals surface area contributed by atoms with Crippen LogP contribution in [0.2, 0.25) is 0 Å². The summed E-state index contributed by atoms with van der Waals surface area (Å²) in [5.41, 5.74) is 25.6. The van der Waals surface area contributed by atoms with Gasteiger partial charge in [0.1, 0.15) is 11.5 Å². The number of hydrogen-bond acceptors (Lipinski definition) is 6. The SMILES string of the molecule is N#Cc1ccc(C(N)(CCC2CC2)c2ccc(F)c(-c3c(C(N)=O)nn(-c4cccc(CN)c4)c3C(N)=O)c2)cc1. The fourth-order valence-electron chi connectivity index (χ4n) is 5.21. The predicted molar refractivity (Wildman–Crippen MR) is 152 cm³/mol. The van der Waals surface area contributed by atoms with Crippen molar-refractivity contribution in [1.82, 2.24) is 9.78 Å². The quantitative estimate of drug-likeness (QED) is 0.234. The first-order chi connectivity index (χ1) is 19.7. The highest BCUT2D eigenvalue weighted by Crippen LogP contribution is 2.41. The van der Waals surface area contributed by atoms with Crippen LogP contribution in [0.25, 0.3) is 16.8 Å². The highest BCUT2D eigenvalue weighted by molar-refractivity contribution is 6.07. The van der Waals surface area contributed by atoms with Crippen molar-refractivity contribution < 1.29 is 14.0 Å². The van der Waals surface area contributed by atoms with Crippen molar-refractivity contribution in [2.45, 2.75) is 37.8 Å². The van der Waals surface area contributed by atoms with Crippen LogP contribution in [0, 0.1) is 23.1 Å². The smallest absolute Gasteiger partial charge is 0.269 e. The third-order valence-corrected chi connectivity index (χ3v) is 7.67. The minimum Gasteiger partial charge on any atom is -0.364 e. The van der Waals surface area contributed by atoms with Gasteiger partial charge in [0.25, 0.3) is 11.8 Å². The molecule has 4 aromatic rings. The molecule has 0 bridgehead atoms. The highest BCUT2D eigenvalue weighted by atomic mass is 19.1. The lowest BCUT2D eigenvalue weighted by Gasteiger charge is -2.32. The fraction of sp³-hybridized carbons (Fsp3) is 0.226. The molecule has 5 rings (SSSR count). The molecular weight excluding hydrogens is 521 g/mol. The Hall–Kier alpha value is -4.85. The topological polar surface area (TPSA) is 180 Å². The Morgan fingerprint density at radius 3 is 2.34 bits per heavy atom. The number of benzene rings is 3. The summed E-state index contributed by atoms with van der Waals surface area (Å²) in [4.78, 5) is 25.4. The van der Waals surface area contributed by atoms with E-state index in [1.807, 2.05) is 0 Å². The number of rotatable bonds is 10. The van der Waals surface area contributed by atoms with Gasteiger partial charge in [0, 0.05) is 17.7 Å². The number of nitrogens with two attached hydrogens (primary N) is 4. The molecule has 1 unspecified atom stereocenters. The first-order valence-corrected chi connectivity index (χ1v) is 13.3. The van der Waals surface area contributed by atoms with Crippen LogP contribution in [0.4, 0.5) is 4.39 Å². The second-order valence-corrected chi connectivity index (χ2v) is 10.4. The maximum atomic E-state index is 15.7. The summed E-state index contributed by atoms with van der Waals surface area (Å²) < 4.78 is 16.8. The molecule has 1 aliphatic rings. The maximum absolute atomic E-state index is 15.7. The van der Waals surface area contributed by atoms with Crippen molar-refractivity contribution in [2.24, 2.45) is 28.9 Å². The van der Waals surface area contributed by atoms with Gasteiger partial charge in [0.05, 0.1) is 22.9 Å². The molecule has 1 saturated carbocycles. The van der Waals surface area contributed by atoms with E-state index in [1.165, 1.54) is 16.8 Å². The maximum Gasteiger partial charge on any atom is 0.269 e. The third-order valence-electron chi connectivity index (χ3n) is 7.67. The average Bonchev–Trinajstić information content (AvgIpc) is 3.72. The number of carbonyl (C=O) groups is 2. The Labute approximate surface area is 236 Å². The van der Waals surface area contributed by atoms with Gasteiger partial charge in [0.2, 0.25) is 0 Å². The largest absolute Gasteiger partial charge is 0.364 e. The number of amides is 2. The molecule has 0 aliphatic heterocycles. The van der Waals surface area contributed by atoms with E-state index in [-0.39, 0.29) is 29.1 Å². The van der Waals surface area contributed by atoms with Crippen molar-refractivity contribution in [1.29, 1.82) is 5.26 Å². The molecule has 1 aromatic heterocycles. The molecule has 1 fully saturated rings. The van der Waals surface area contributed by atoms with E-state index >= 15 is 4.39 Å². The Bertz CT molecular complexity index is 1690. The Morgan fingerprint density at radius 2 is 1.73 bits per heavy atom. The Balaban J connectivity index is 1.72. The standard InChI is InChI=1S/C31H30FN7O2/c32-25-11-10-22(31(37,13-12-18-4-5-18)21-8-6-19(16-33)7-9-21)15-24(25)26-27(29(35)40)38-39(28(26)30(36)41)23-3-1-2-20(14-23)17-34/h1-3,6-11,14-15,18H,4-5,12-13,17,34,37H2,(H2,35,40)(H2,36,41). The van der Waals surface area contributed by atoms with Crippen molar-refractivity contribution in [2.75, 3.05) is 0 Å². The van der Waals surface area contributed by atoms with Gasteiger partial charge in [-0.15, -0.1) is 0 Å². The molecular formula is C31H30FN7O2. The van der Waals surface area contributed by atoms with Gasteiger partial charge in [-0.3, -0.25) is 9.59 Å². The lowest BCUT2D eigenvalue weighted by atomic mass is 9.78. The molecule has 0 spiro atoms. The summed E-state index contributed by atoms with van der Waals surface area (Å²) in [7, 11) is 0. The molecule has 41 heavy (non-hydrogen) atoms. The minimum absolute atomic E-state index is 0.0822. The van der Waals surface area contributed by atoms with Crippen LogP contribution < -0.4 is 22.9 Å². The van der Waals surface area contributed by atoms with Crippen LogP contribution in [0.15, 0.2) is 66.7 Å². The molecule has 1 atom stereocenters. The molecule has 2 amide bonds. The number of primary amides is 2. The van der Waals surface area contributed by atoms with Gasteiger partial charge in [-0.25, -0.2) is 9.07 Å². The summed E-state index contributed by atoms with van der Waals surface area (Å²) in [5, 5.41) is 13.6. The normalized spacial score (nSPS) is 14.3. The third kappa shape index (κ3) is 5.33. The molecule has 3 aromatic carbocycles. The van der Waals surface area contributed by atoms with Crippen LogP contribution in [0.1, 0.15) is 68.9 Å². The monoisotopic (exact) mass is 551 g/mol. The zero-order valence-electron chi connectivity index (χ0n) is 22.3. The lowest BCUT2D eigenvalue weighted by molar-refractivity contribution is 0.0986. The molecule has 1 heterocycles. The van der Waals surface area contributed by atoms with E-state index in [9.17, 15) is 14.9 Å². The molecule has 1 aliphatic carbocycles. The second kappa shape index (κ2) is 11.0. The summed E-state index contributed by atoms with van der Waals surface area (Å²) in [6.45, 7) is 0.224. The molecule has 9 nitrogen and oxygen atoms in total. The van der Waals surface area contributed by atoms with Crippen LogP contribution >= 0.6 is 0 Å². The van der Waals surface area contributed by atoms with Crippen molar-refractivity contribution >= 4 is 11.8 Å². The van der Waals surface area contributed by atoms with Crippen LogP contribution in [0.3, 0.4) is 0 Å². The van der Waals surface area contributed by atoms with Gasteiger partial charge >= 0.3 is 0 Å². The number of halogens is 1. The molecule has 0 saturated heterocycles.